The second kappa shape index (κ2) is 5.91. The lowest BCUT2D eigenvalue weighted by Crippen LogP contribution is -2.20. The number of benzene rings is 1. The molecule has 0 atom stereocenters. The molecule has 5 heteroatoms. The average molecular weight is 385 g/mol. The molecule has 1 aromatic carbocycles. The van der Waals surface area contributed by atoms with E-state index in [1.807, 2.05) is 41.9 Å². The van der Waals surface area contributed by atoms with Crippen molar-refractivity contribution in [3.05, 3.63) is 74.6 Å². The summed E-state index contributed by atoms with van der Waals surface area (Å²) in [6.07, 6.45) is 2.60. The minimum Gasteiger partial charge on any atom is -0.315 e. The highest BCUT2D eigenvalue weighted by molar-refractivity contribution is 9.10. The zero-order chi connectivity index (χ0) is 15.8. The molecule has 0 aliphatic heterocycles. The summed E-state index contributed by atoms with van der Waals surface area (Å²) in [7, 11) is 0. The van der Waals surface area contributed by atoms with Crippen LogP contribution in [0.2, 0.25) is 0 Å². The third-order valence-electron chi connectivity index (χ3n) is 3.92. The molecule has 0 saturated carbocycles. The molecule has 114 valence electrons. The second-order valence-electron chi connectivity index (χ2n) is 5.38. The first-order chi connectivity index (χ1) is 11.2. The predicted octanol–water partition coefficient (Wildman–Crippen LogP) is 4.62. The molecule has 0 N–H and O–H groups in total. The number of halogens is 1. The molecule has 0 amide bonds. The van der Waals surface area contributed by atoms with Gasteiger partial charge in [0.25, 0.3) is 5.56 Å². The second-order valence-corrected chi connectivity index (χ2v) is 7.15. The first kappa shape index (κ1) is 14.6. The van der Waals surface area contributed by atoms with Crippen molar-refractivity contribution in [3.8, 4) is 0 Å². The lowest BCUT2D eigenvalue weighted by atomic mass is 10.2. The van der Waals surface area contributed by atoms with Gasteiger partial charge in [-0.05, 0) is 34.1 Å². The van der Waals surface area contributed by atoms with Crippen LogP contribution in [-0.2, 0) is 13.0 Å². The number of aromatic nitrogens is 2. The summed E-state index contributed by atoms with van der Waals surface area (Å²) in [6, 6.07) is 14.2. The standard InChI is InChI=1S/C18H13BrN2OS/c19-14-11-23-16-8-10-21(18(22)17(14)16)9-7-13-6-5-12-3-1-2-4-15(12)20-13/h1-6,8,10-11H,7,9H2. The maximum atomic E-state index is 12.6. The van der Waals surface area contributed by atoms with Gasteiger partial charge in [-0.2, -0.15) is 0 Å². The summed E-state index contributed by atoms with van der Waals surface area (Å²) < 4.78 is 3.65. The van der Waals surface area contributed by atoms with E-state index in [9.17, 15) is 4.79 Å². The van der Waals surface area contributed by atoms with Crippen molar-refractivity contribution < 1.29 is 0 Å². The van der Waals surface area contributed by atoms with E-state index in [0.717, 1.165) is 37.6 Å². The Bertz CT molecular complexity index is 1070. The van der Waals surface area contributed by atoms with Crippen molar-refractivity contribution in [1.29, 1.82) is 0 Å². The first-order valence-corrected chi connectivity index (χ1v) is 9.00. The van der Waals surface area contributed by atoms with Crippen molar-refractivity contribution >= 4 is 48.3 Å². The minimum absolute atomic E-state index is 0.0522. The third-order valence-corrected chi connectivity index (χ3v) is 5.80. The molecule has 0 aliphatic carbocycles. The van der Waals surface area contributed by atoms with Crippen LogP contribution in [0.3, 0.4) is 0 Å². The number of aryl methyl sites for hydroxylation is 2. The van der Waals surface area contributed by atoms with Gasteiger partial charge in [-0.1, -0.05) is 24.3 Å². The lowest BCUT2D eigenvalue weighted by molar-refractivity contribution is 0.667. The Morgan fingerprint density at radius 1 is 1.13 bits per heavy atom. The van der Waals surface area contributed by atoms with Crippen LogP contribution in [0, 0.1) is 0 Å². The van der Waals surface area contributed by atoms with E-state index in [0.29, 0.717) is 6.54 Å². The Balaban J connectivity index is 1.64. The fraction of sp³-hybridized carbons (Fsp3) is 0.111. The fourth-order valence-electron chi connectivity index (χ4n) is 2.71. The van der Waals surface area contributed by atoms with E-state index in [1.54, 1.807) is 15.9 Å². The van der Waals surface area contributed by atoms with Gasteiger partial charge < -0.3 is 4.57 Å². The molecule has 3 aromatic heterocycles. The lowest BCUT2D eigenvalue weighted by Gasteiger charge is -2.07. The van der Waals surface area contributed by atoms with Gasteiger partial charge in [0.1, 0.15) is 0 Å². The zero-order valence-electron chi connectivity index (χ0n) is 12.2. The number of nitrogens with zero attached hydrogens (tertiary/aromatic N) is 2. The summed E-state index contributed by atoms with van der Waals surface area (Å²) in [6.45, 7) is 0.627. The van der Waals surface area contributed by atoms with Gasteiger partial charge in [0.05, 0.1) is 10.9 Å². The van der Waals surface area contributed by atoms with Gasteiger partial charge >= 0.3 is 0 Å². The number of rotatable bonds is 3. The van der Waals surface area contributed by atoms with E-state index >= 15 is 0 Å². The van der Waals surface area contributed by atoms with Crippen LogP contribution in [-0.4, -0.2) is 9.55 Å². The summed E-state index contributed by atoms with van der Waals surface area (Å²) in [5, 5.41) is 3.86. The minimum atomic E-state index is 0.0522. The van der Waals surface area contributed by atoms with E-state index < -0.39 is 0 Å². The van der Waals surface area contributed by atoms with Gasteiger partial charge in [-0.3, -0.25) is 9.78 Å². The molecular formula is C18H13BrN2OS. The quantitative estimate of drug-likeness (QED) is 0.516. The summed E-state index contributed by atoms with van der Waals surface area (Å²) in [5.74, 6) is 0. The van der Waals surface area contributed by atoms with Crippen molar-refractivity contribution in [3.63, 3.8) is 0 Å². The number of hydrogen-bond donors (Lipinski definition) is 0. The molecular weight excluding hydrogens is 372 g/mol. The molecule has 4 aromatic rings. The van der Waals surface area contributed by atoms with Gasteiger partial charge in [0, 0.05) is 44.8 Å². The van der Waals surface area contributed by atoms with Crippen LogP contribution in [0.4, 0.5) is 0 Å². The highest BCUT2D eigenvalue weighted by atomic mass is 79.9. The Labute approximate surface area is 145 Å². The Kier molecular flexibility index (Phi) is 3.75. The van der Waals surface area contributed by atoms with Crippen molar-refractivity contribution in [2.24, 2.45) is 0 Å². The smallest absolute Gasteiger partial charge is 0.260 e. The number of pyridine rings is 2. The number of thiophene rings is 1. The number of fused-ring (bicyclic) bond motifs is 2. The molecule has 4 rings (SSSR count). The predicted molar refractivity (Wildman–Crippen MR) is 99.2 cm³/mol. The van der Waals surface area contributed by atoms with Gasteiger partial charge in [0.2, 0.25) is 0 Å². The topological polar surface area (TPSA) is 34.9 Å². The van der Waals surface area contributed by atoms with Crippen LogP contribution < -0.4 is 5.56 Å². The molecule has 0 saturated heterocycles. The molecule has 23 heavy (non-hydrogen) atoms. The maximum absolute atomic E-state index is 12.6. The monoisotopic (exact) mass is 384 g/mol. The summed E-state index contributed by atoms with van der Waals surface area (Å²) >= 11 is 5.04. The zero-order valence-corrected chi connectivity index (χ0v) is 14.6. The fourth-order valence-corrected chi connectivity index (χ4v) is 4.31. The van der Waals surface area contributed by atoms with E-state index in [1.165, 1.54) is 0 Å². The molecule has 0 radical (unpaired) electrons. The molecule has 0 bridgehead atoms. The van der Waals surface area contributed by atoms with E-state index in [2.05, 4.69) is 33.0 Å². The van der Waals surface area contributed by atoms with Gasteiger partial charge in [-0.25, -0.2) is 0 Å². The molecule has 0 aliphatic rings. The summed E-state index contributed by atoms with van der Waals surface area (Å²) in [5.41, 5.74) is 2.05. The largest absolute Gasteiger partial charge is 0.315 e. The Morgan fingerprint density at radius 3 is 2.91 bits per heavy atom. The van der Waals surface area contributed by atoms with Gasteiger partial charge in [-0.15, -0.1) is 11.3 Å². The van der Waals surface area contributed by atoms with Crippen LogP contribution >= 0.6 is 27.3 Å². The Hall–Kier alpha value is -1.98. The maximum Gasteiger partial charge on any atom is 0.260 e. The highest BCUT2D eigenvalue weighted by Crippen LogP contribution is 2.27. The molecule has 3 heterocycles. The van der Waals surface area contributed by atoms with Crippen molar-refractivity contribution in [2.75, 3.05) is 0 Å². The van der Waals surface area contributed by atoms with E-state index in [-0.39, 0.29) is 5.56 Å². The molecule has 3 nitrogen and oxygen atoms in total. The van der Waals surface area contributed by atoms with Crippen molar-refractivity contribution in [2.45, 2.75) is 13.0 Å². The Morgan fingerprint density at radius 2 is 2.00 bits per heavy atom. The molecule has 0 spiro atoms. The number of para-hydroxylation sites is 1. The third kappa shape index (κ3) is 2.71. The van der Waals surface area contributed by atoms with E-state index in [4.69, 9.17) is 0 Å². The normalized spacial score (nSPS) is 11.3. The molecule has 0 unspecified atom stereocenters. The van der Waals surface area contributed by atoms with Crippen LogP contribution in [0.15, 0.2) is 63.3 Å². The van der Waals surface area contributed by atoms with Crippen LogP contribution in [0.5, 0.6) is 0 Å². The first-order valence-electron chi connectivity index (χ1n) is 7.33. The number of hydrogen-bond acceptors (Lipinski definition) is 3. The highest BCUT2D eigenvalue weighted by Gasteiger charge is 2.08. The van der Waals surface area contributed by atoms with Crippen LogP contribution in [0.1, 0.15) is 5.69 Å². The van der Waals surface area contributed by atoms with Crippen molar-refractivity contribution in [1.82, 2.24) is 9.55 Å². The van der Waals surface area contributed by atoms with Gasteiger partial charge in [0.15, 0.2) is 0 Å². The van der Waals surface area contributed by atoms with Crippen LogP contribution in [0.25, 0.3) is 21.0 Å². The summed E-state index contributed by atoms with van der Waals surface area (Å²) in [4.78, 5) is 17.2. The molecule has 0 fully saturated rings. The SMILES string of the molecule is O=c1c2c(Br)csc2ccn1CCc1ccc2ccccc2n1. The average Bonchev–Trinajstić information content (AvgIpc) is 2.96.